The molecule has 0 fully saturated rings. The van der Waals surface area contributed by atoms with Crippen LogP contribution in [-0.4, -0.2) is 32.6 Å². The lowest BCUT2D eigenvalue weighted by Gasteiger charge is -2.22. The Bertz CT molecular complexity index is 658. The number of carbonyl (C=O) groups is 2. The fourth-order valence-corrected chi connectivity index (χ4v) is 2.23. The van der Waals surface area contributed by atoms with Gasteiger partial charge in [0.15, 0.2) is 0 Å². The molecule has 1 aliphatic heterocycles. The van der Waals surface area contributed by atoms with E-state index in [1.165, 1.54) is 12.1 Å². The summed E-state index contributed by atoms with van der Waals surface area (Å²) in [6.07, 6.45) is 0.0859. The average Bonchev–Trinajstić information content (AvgIpc) is 2.42. The number of carboxylic acid groups (broad SMARTS) is 1. The Morgan fingerprint density at radius 1 is 1.48 bits per heavy atom. The van der Waals surface area contributed by atoms with Gasteiger partial charge in [-0.05, 0) is 12.1 Å². The largest absolute Gasteiger partial charge is 0.477 e. The molecular weight excluding hydrogens is 346 g/mol. The first kappa shape index (κ1) is 15.1. The lowest BCUT2D eigenvalue weighted by molar-refractivity contribution is -0.385. The highest BCUT2D eigenvalue weighted by molar-refractivity contribution is 9.10. The molecule has 110 valence electrons. The van der Waals surface area contributed by atoms with Crippen molar-refractivity contribution in [3.8, 4) is 0 Å². The van der Waals surface area contributed by atoms with E-state index in [9.17, 15) is 19.7 Å². The molecule has 0 saturated heterocycles. The second-order valence-corrected chi connectivity index (χ2v) is 5.25. The number of carbonyl (C=O) groups excluding carboxylic acids is 1. The molecule has 8 nitrogen and oxygen atoms in total. The highest BCUT2D eigenvalue weighted by Gasteiger charge is 2.26. The van der Waals surface area contributed by atoms with E-state index in [4.69, 9.17) is 5.11 Å². The third-order valence-electron chi connectivity index (χ3n) is 2.92. The first-order chi connectivity index (χ1) is 9.88. The number of benzene rings is 1. The van der Waals surface area contributed by atoms with Crippen LogP contribution in [0.1, 0.15) is 18.4 Å². The Kier molecular flexibility index (Phi) is 4.32. The van der Waals surface area contributed by atoms with E-state index in [1.807, 2.05) is 0 Å². The molecule has 0 spiro atoms. The van der Waals surface area contributed by atoms with Crippen molar-refractivity contribution < 1.29 is 19.6 Å². The molecule has 0 unspecified atom stereocenters. The summed E-state index contributed by atoms with van der Waals surface area (Å²) in [5, 5.41) is 24.6. The van der Waals surface area contributed by atoms with Crippen molar-refractivity contribution >= 4 is 39.2 Å². The first-order valence-corrected chi connectivity index (χ1v) is 6.71. The van der Waals surface area contributed by atoms with Crippen molar-refractivity contribution in [1.29, 1.82) is 0 Å². The van der Waals surface area contributed by atoms with Crippen molar-refractivity contribution in [2.45, 2.75) is 19.4 Å². The summed E-state index contributed by atoms with van der Waals surface area (Å²) in [4.78, 5) is 33.1. The normalized spacial score (nSPS) is 14.8. The molecule has 21 heavy (non-hydrogen) atoms. The van der Waals surface area contributed by atoms with Crippen molar-refractivity contribution in [2.24, 2.45) is 5.10 Å². The molecule has 9 heteroatoms. The van der Waals surface area contributed by atoms with Crippen LogP contribution < -0.4 is 0 Å². The molecule has 1 aromatic rings. The van der Waals surface area contributed by atoms with Gasteiger partial charge in [-0.2, -0.15) is 5.10 Å². The van der Waals surface area contributed by atoms with Gasteiger partial charge < -0.3 is 5.11 Å². The Balaban J connectivity index is 2.32. The molecule has 0 aliphatic carbocycles. The van der Waals surface area contributed by atoms with Gasteiger partial charge >= 0.3 is 5.97 Å². The monoisotopic (exact) mass is 355 g/mol. The highest BCUT2D eigenvalue weighted by Crippen LogP contribution is 2.25. The summed E-state index contributed by atoms with van der Waals surface area (Å²) in [7, 11) is 0. The maximum atomic E-state index is 11.8. The van der Waals surface area contributed by atoms with E-state index in [2.05, 4.69) is 21.0 Å². The van der Waals surface area contributed by atoms with Gasteiger partial charge in [-0.1, -0.05) is 15.9 Å². The van der Waals surface area contributed by atoms with Gasteiger partial charge in [0.25, 0.3) is 5.69 Å². The summed E-state index contributed by atoms with van der Waals surface area (Å²) in [6, 6.07) is 4.43. The molecule has 1 aromatic carbocycles. The van der Waals surface area contributed by atoms with Crippen molar-refractivity contribution in [3.63, 3.8) is 0 Å². The third-order valence-corrected chi connectivity index (χ3v) is 3.41. The van der Waals surface area contributed by atoms with Crippen LogP contribution in [0.25, 0.3) is 0 Å². The number of carboxylic acids is 1. The molecule has 1 aliphatic rings. The maximum absolute atomic E-state index is 11.8. The van der Waals surface area contributed by atoms with E-state index < -0.39 is 10.9 Å². The Hall–Kier alpha value is -2.29. The Morgan fingerprint density at radius 2 is 2.19 bits per heavy atom. The van der Waals surface area contributed by atoms with Crippen LogP contribution in [0.5, 0.6) is 0 Å². The minimum atomic E-state index is -1.20. The summed E-state index contributed by atoms with van der Waals surface area (Å²) in [6.45, 7) is -0.140. The number of aliphatic carboxylic acids is 1. The molecule has 1 N–H and O–H groups in total. The zero-order valence-electron chi connectivity index (χ0n) is 10.7. The lowest BCUT2D eigenvalue weighted by Crippen LogP contribution is -2.34. The van der Waals surface area contributed by atoms with Crippen LogP contribution in [0.2, 0.25) is 0 Å². The van der Waals surface area contributed by atoms with Crippen LogP contribution >= 0.6 is 15.9 Å². The number of rotatable bonds is 4. The smallest absolute Gasteiger partial charge is 0.352 e. The Morgan fingerprint density at radius 3 is 2.81 bits per heavy atom. The quantitative estimate of drug-likeness (QED) is 0.654. The van der Waals surface area contributed by atoms with Crippen LogP contribution in [0.15, 0.2) is 27.8 Å². The second kappa shape index (κ2) is 6.00. The van der Waals surface area contributed by atoms with E-state index in [0.29, 0.717) is 4.47 Å². The number of nitrogens with zero attached hydrogens (tertiary/aromatic N) is 3. The molecule has 0 saturated carbocycles. The van der Waals surface area contributed by atoms with Crippen LogP contribution in [-0.2, 0) is 16.1 Å². The van der Waals surface area contributed by atoms with Gasteiger partial charge in [-0.25, -0.2) is 9.80 Å². The molecule has 0 radical (unpaired) electrons. The minimum Gasteiger partial charge on any atom is -0.477 e. The SMILES string of the molecule is O=C(O)C1=NN(Cc2ccc(Br)cc2[N+](=O)[O-])C(=O)CC1. The second-order valence-electron chi connectivity index (χ2n) is 4.33. The number of hydrazone groups is 1. The number of amides is 1. The molecule has 0 bridgehead atoms. The number of hydrogen-bond donors (Lipinski definition) is 1. The van der Waals surface area contributed by atoms with Gasteiger partial charge in [-0.15, -0.1) is 0 Å². The number of nitro groups is 1. The third kappa shape index (κ3) is 3.43. The fraction of sp³-hybridized carbons (Fsp3) is 0.250. The van der Waals surface area contributed by atoms with E-state index in [0.717, 1.165) is 5.01 Å². The molecule has 1 amide bonds. The topological polar surface area (TPSA) is 113 Å². The fourth-order valence-electron chi connectivity index (χ4n) is 1.88. The van der Waals surface area contributed by atoms with Gasteiger partial charge in [0.1, 0.15) is 5.71 Å². The van der Waals surface area contributed by atoms with Crippen LogP contribution in [0.3, 0.4) is 0 Å². The van der Waals surface area contributed by atoms with E-state index in [-0.39, 0.29) is 42.3 Å². The average molecular weight is 356 g/mol. The van der Waals surface area contributed by atoms with E-state index >= 15 is 0 Å². The molecular formula is C12H10BrN3O5. The minimum absolute atomic E-state index is 0.0233. The summed E-state index contributed by atoms with van der Waals surface area (Å²) in [5.74, 6) is -1.56. The first-order valence-electron chi connectivity index (χ1n) is 5.92. The number of halogens is 1. The molecule has 2 rings (SSSR count). The lowest BCUT2D eigenvalue weighted by atomic mass is 10.1. The highest BCUT2D eigenvalue weighted by atomic mass is 79.9. The summed E-state index contributed by atoms with van der Waals surface area (Å²) >= 11 is 3.14. The molecule has 0 atom stereocenters. The van der Waals surface area contributed by atoms with Gasteiger partial charge in [0.2, 0.25) is 5.91 Å². The van der Waals surface area contributed by atoms with Crippen molar-refractivity contribution in [2.75, 3.05) is 0 Å². The molecule has 0 aromatic heterocycles. The summed E-state index contributed by atoms with van der Waals surface area (Å²) in [5.41, 5.74) is -0.00359. The van der Waals surface area contributed by atoms with Crippen molar-refractivity contribution in [1.82, 2.24) is 5.01 Å². The van der Waals surface area contributed by atoms with Gasteiger partial charge in [0.05, 0.1) is 17.0 Å². The maximum Gasteiger partial charge on any atom is 0.352 e. The van der Waals surface area contributed by atoms with Crippen LogP contribution in [0.4, 0.5) is 5.69 Å². The Labute approximate surface area is 127 Å². The van der Waals surface area contributed by atoms with E-state index in [1.54, 1.807) is 6.07 Å². The van der Waals surface area contributed by atoms with Crippen LogP contribution in [0, 0.1) is 10.1 Å². The number of hydrogen-bond acceptors (Lipinski definition) is 5. The molecule has 1 heterocycles. The van der Waals surface area contributed by atoms with Crippen molar-refractivity contribution in [3.05, 3.63) is 38.3 Å². The predicted octanol–water partition coefficient (Wildman–Crippen LogP) is 1.92. The predicted molar refractivity (Wildman–Crippen MR) is 75.7 cm³/mol. The number of nitro benzene ring substituents is 1. The zero-order valence-corrected chi connectivity index (χ0v) is 12.2. The summed E-state index contributed by atoms with van der Waals surface area (Å²) < 4.78 is 0.539. The van der Waals surface area contributed by atoms with Gasteiger partial charge in [0, 0.05) is 23.4 Å². The standard InChI is InChI=1S/C12H10BrN3O5/c13-8-2-1-7(10(5-8)16(20)21)6-15-11(17)4-3-9(14-15)12(18)19/h1-2,5H,3-4,6H2,(H,18,19). The zero-order chi connectivity index (χ0) is 15.6. The van der Waals surface area contributed by atoms with Gasteiger partial charge in [-0.3, -0.25) is 14.9 Å².